The number of carbonyl (C=O) groups excluding carboxylic acids is 1. The lowest BCUT2D eigenvalue weighted by Crippen LogP contribution is -2.43. The summed E-state index contributed by atoms with van der Waals surface area (Å²) in [6.45, 7) is 9.44. The molecule has 2 aromatic carbocycles. The van der Waals surface area contributed by atoms with Gasteiger partial charge in [-0.15, -0.1) is 0 Å². The van der Waals surface area contributed by atoms with Crippen LogP contribution in [0.3, 0.4) is 0 Å². The first-order valence-electron chi connectivity index (χ1n) is 12.4. The van der Waals surface area contributed by atoms with Crippen molar-refractivity contribution in [3.05, 3.63) is 47.5 Å². The number of methoxy groups -OCH3 is 1. The van der Waals surface area contributed by atoms with Crippen LogP contribution in [-0.2, 0) is 4.74 Å². The summed E-state index contributed by atoms with van der Waals surface area (Å²) < 4.78 is 17.9. The third-order valence-electron chi connectivity index (χ3n) is 6.25. The number of ether oxygens (including phenoxy) is 3. The van der Waals surface area contributed by atoms with Gasteiger partial charge in [-0.25, -0.2) is 4.98 Å². The Kier molecular flexibility index (Phi) is 8.95. The van der Waals surface area contributed by atoms with Gasteiger partial charge in [0.25, 0.3) is 5.91 Å². The molecule has 0 atom stereocenters. The monoisotopic (exact) mass is 497 g/mol. The van der Waals surface area contributed by atoms with Gasteiger partial charge in [-0.1, -0.05) is 37.2 Å². The van der Waals surface area contributed by atoms with Crippen LogP contribution in [0, 0.1) is 6.92 Å². The van der Waals surface area contributed by atoms with Crippen LogP contribution in [0.4, 0.5) is 5.13 Å². The van der Waals surface area contributed by atoms with Crippen molar-refractivity contribution >= 4 is 32.6 Å². The third-order valence-corrected chi connectivity index (χ3v) is 7.46. The van der Waals surface area contributed by atoms with Gasteiger partial charge in [0.15, 0.2) is 5.13 Å². The fraction of sp³-hybridized carbons (Fsp3) is 0.481. The van der Waals surface area contributed by atoms with Crippen LogP contribution in [0.25, 0.3) is 10.2 Å². The summed E-state index contributed by atoms with van der Waals surface area (Å²) in [5, 5.41) is 0.686. The third kappa shape index (κ3) is 6.31. The molecule has 3 aromatic rings. The number of fused-ring (bicyclic) bond motifs is 1. The van der Waals surface area contributed by atoms with Crippen LogP contribution < -0.4 is 14.4 Å². The standard InChI is InChI=1S/C27H35N3O4S/c1-4-5-6-17-34-22-10-8-21(9-11-22)26(31)30(14-13-29-15-18-33-19-16-29)27-28-24-23(32-3)12-7-20(2)25(24)35-27/h7-12H,4-6,13-19H2,1-3H3. The number of carbonyl (C=O) groups is 1. The molecule has 1 aromatic heterocycles. The average molecular weight is 498 g/mol. The number of aryl methyl sites for hydroxylation is 1. The van der Waals surface area contributed by atoms with Gasteiger partial charge in [-0.2, -0.15) is 0 Å². The summed E-state index contributed by atoms with van der Waals surface area (Å²) in [7, 11) is 1.65. The van der Waals surface area contributed by atoms with Crippen LogP contribution >= 0.6 is 11.3 Å². The van der Waals surface area contributed by atoms with Gasteiger partial charge in [0.2, 0.25) is 0 Å². The number of unbranched alkanes of at least 4 members (excludes halogenated alkanes) is 2. The molecule has 0 bridgehead atoms. The quantitative estimate of drug-likeness (QED) is 0.341. The van der Waals surface area contributed by atoms with E-state index in [9.17, 15) is 4.79 Å². The smallest absolute Gasteiger partial charge is 0.260 e. The van der Waals surface area contributed by atoms with Crippen molar-refractivity contribution in [3.63, 3.8) is 0 Å². The van der Waals surface area contributed by atoms with Gasteiger partial charge in [0.05, 0.1) is 31.6 Å². The van der Waals surface area contributed by atoms with Crippen molar-refractivity contribution in [3.8, 4) is 11.5 Å². The minimum Gasteiger partial charge on any atom is -0.494 e. The van der Waals surface area contributed by atoms with Gasteiger partial charge in [-0.05, 0) is 49.2 Å². The van der Waals surface area contributed by atoms with E-state index in [2.05, 4.69) is 18.7 Å². The molecule has 7 nitrogen and oxygen atoms in total. The minimum atomic E-state index is -0.0635. The van der Waals surface area contributed by atoms with Gasteiger partial charge >= 0.3 is 0 Å². The van der Waals surface area contributed by atoms with Crippen molar-refractivity contribution in [2.24, 2.45) is 0 Å². The lowest BCUT2D eigenvalue weighted by atomic mass is 10.2. The largest absolute Gasteiger partial charge is 0.494 e. The summed E-state index contributed by atoms with van der Waals surface area (Å²) in [6.07, 6.45) is 3.35. The number of benzene rings is 2. The first kappa shape index (κ1) is 25.4. The van der Waals surface area contributed by atoms with Crippen LogP contribution in [0.1, 0.15) is 42.1 Å². The summed E-state index contributed by atoms with van der Waals surface area (Å²) in [4.78, 5) is 22.7. The van der Waals surface area contributed by atoms with Gasteiger partial charge < -0.3 is 14.2 Å². The van der Waals surface area contributed by atoms with Gasteiger partial charge in [-0.3, -0.25) is 14.6 Å². The number of aromatic nitrogens is 1. The van der Waals surface area contributed by atoms with E-state index in [-0.39, 0.29) is 5.91 Å². The second-order valence-electron chi connectivity index (χ2n) is 8.75. The zero-order chi connectivity index (χ0) is 24.6. The van der Waals surface area contributed by atoms with Crippen LogP contribution in [-0.4, -0.2) is 68.9 Å². The Morgan fingerprint density at radius 1 is 1.14 bits per heavy atom. The molecule has 1 amide bonds. The molecule has 0 unspecified atom stereocenters. The molecule has 2 heterocycles. The lowest BCUT2D eigenvalue weighted by Gasteiger charge is -2.29. The van der Waals surface area contributed by atoms with E-state index >= 15 is 0 Å². The molecular weight excluding hydrogens is 462 g/mol. The highest BCUT2D eigenvalue weighted by Gasteiger charge is 2.24. The Bertz CT molecular complexity index is 1110. The Labute approximate surface area is 211 Å². The van der Waals surface area contributed by atoms with E-state index in [1.165, 1.54) is 11.3 Å². The number of morpholine rings is 1. The first-order chi connectivity index (χ1) is 17.1. The lowest BCUT2D eigenvalue weighted by molar-refractivity contribution is 0.0391. The fourth-order valence-corrected chi connectivity index (χ4v) is 5.20. The SMILES string of the molecule is CCCCCOc1ccc(C(=O)N(CCN2CCOCC2)c2nc3c(OC)ccc(C)c3s2)cc1. The highest BCUT2D eigenvalue weighted by molar-refractivity contribution is 7.22. The maximum Gasteiger partial charge on any atom is 0.260 e. The Morgan fingerprint density at radius 3 is 2.63 bits per heavy atom. The van der Waals surface area contributed by atoms with Gasteiger partial charge in [0.1, 0.15) is 17.0 Å². The number of hydrogen-bond acceptors (Lipinski definition) is 7. The van der Waals surface area contributed by atoms with Crippen LogP contribution in [0.15, 0.2) is 36.4 Å². The molecule has 1 fully saturated rings. The minimum absolute atomic E-state index is 0.0635. The molecule has 35 heavy (non-hydrogen) atoms. The number of nitrogens with zero attached hydrogens (tertiary/aromatic N) is 3. The van der Waals surface area contributed by atoms with Crippen molar-refractivity contribution < 1.29 is 19.0 Å². The van der Waals surface area contributed by atoms with Gasteiger partial charge in [0, 0.05) is 31.7 Å². The van der Waals surface area contributed by atoms with E-state index in [0.29, 0.717) is 23.8 Å². The molecule has 4 rings (SSSR count). The van der Waals surface area contributed by atoms with Crippen molar-refractivity contribution in [1.82, 2.24) is 9.88 Å². The Morgan fingerprint density at radius 2 is 1.91 bits per heavy atom. The predicted molar refractivity (Wildman–Crippen MR) is 141 cm³/mol. The number of anilines is 1. The average Bonchev–Trinajstić information content (AvgIpc) is 3.34. The maximum atomic E-state index is 13.7. The summed E-state index contributed by atoms with van der Waals surface area (Å²) in [5.41, 5.74) is 2.54. The molecule has 0 radical (unpaired) electrons. The highest BCUT2D eigenvalue weighted by atomic mass is 32.1. The molecular formula is C27H35N3O4S. The Balaban J connectivity index is 1.57. The fourth-order valence-electron chi connectivity index (χ4n) is 4.12. The molecule has 188 valence electrons. The number of amides is 1. The van der Waals surface area contributed by atoms with E-state index in [0.717, 1.165) is 79.4 Å². The van der Waals surface area contributed by atoms with E-state index in [1.807, 2.05) is 36.4 Å². The molecule has 8 heteroatoms. The first-order valence-corrected chi connectivity index (χ1v) is 13.2. The summed E-state index contributed by atoms with van der Waals surface area (Å²) >= 11 is 1.54. The Hall–Kier alpha value is -2.68. The normalized spacial score (nSPS) is 14.3. The zero-order valence-corrected chi connectivity index (χ0v) is 21.7. The summed E-state index contributed by atoms with van der Waals surface area (Å²) in [5.74, 6) is 1.45. The van der Waals surface area contributed by atoms with E-state index < -0.39 is 0 Å². The maximum absolute atomic E-state index is 13.7. The summed E-state index contributed by atoms with van der Waals surface area (Å²) in [6, 6.07) is 11.4. The highest BCUT2D eigenvalue weighted by Crippen LogP contribution is 2.37. The topological polar surface area (TPSA) is 64.1 Å². The van der Waals surface area contributed by atoms with E-state index in [4.69, 9.17) is 19.2 Å². The molecule has 1 saturated heterocycles. The molecule has 0 aliphatic carbocycles. The zero-order valence-electron chi connectivity index (χ0n) is 20.9. The predicted octanol–water partition coefficient (Wildman–Crippen LogP) is 5.16. The molecule has 0 N–H and O–H groups in total. The molecule has 1 aliphatic rings. The molecule has 0 spiro atoms. The molecule has 0 saturated carbocycles. The van der Waals surface area contributed by atoms with Crippen LogP contribution in [0.5, 0.6) is 11.5 Å². The number of rotatable bonds is 11. The van der Waals surface area contributed by atoms with Crippen molar-refractivity contribution in [2.45, 2.75) is 33.1 Å². The second-order valence-corrected chi connectivity index (χ2v) is 9.73. The molecule has 1 aliphatic heterocycles. The van der Waals surface area contributed by atoms with E-state index in [1.54, 1.807) is 12.0 Å². The number of thiazole rings is 1. The van der Waals surface area contributed by atoms with Crippen molar-refractivity contribution in [1.29, 1.82) is 0 Å². The second kappa shape index (κ2) is 12.3. The number of hydrogen-bond donors (Lipinski definition) is 0. The van der Waals surface area contributed by atoms with Crippen molar-refractivity contribution in [2.75, 3.05) is 58.0 Å². The van der Waals surface area contributed by atoms with Crippen LogP contribution in [0.2, 0.25) is 0 Å².